The molecule has 0 fully saturated rings. The average molecular weight is 327 g/mol. The number of carbonyl (C=O) groups is 2. The van der Waals surface area contributed by atoms with E-state index >= 15 is 0 Å². The SMILES string of the molecule is Cc1ccc(COC(=O)CNCC(=O)OCc2ccccc2)cc1. The maximum absolute atomic E-state index is 11.6. The monoisotopic (exact) mass is 327 g/mol. The fourth-order valence-corrected chi connectivity index (χ4v) is 1.95. The van der Waals surface area contributed by atoms with Gasteiger partial charge in [0.15, 0.2) is 0 Å². The summed E-state index contributed by atoms with van der Waals surface area (Å²) in [7, 11) is 0. The lowest BCUT2D eigenvalue weighted by molar-refractivity contribution is -0.145. The molecule has 0 bridgehead atoms. The van der Waals surface area contributed by atoms with Gasteiger partial charge in [0.1, 0.15) is 13.2 Å². The standard InChI is InChI=1S/C19H21NO4/c1-15-7-9-17(10-8-15)14-24-19(22)12-20-11-18(21)23-13-16-5-3-2-4-6-16/h2-10,20H,11-14H2,1H3. The van der Waals surface area contributed by atoms with Crippen molar-refractivity contribution in [1.82, 2.24) is 5.32 Å². The number of ether oxygens (including phenoxy) is 2. The zero-order chi connectivity index (χ0) is 17.2. The van der Waals surface area contributed by atoms with Crippen LogP contribution in [0.15, 0.2) is 54.6 Å². The largest absolute Gasteiger partial charge is 0.460 e. The molecule has 24 heavy (non-hydrogen) atoms. The van der Waals surface area contributed by atoms with E-state index in [9.17, 15) is 9.59 Å². The maximum Gasteiger partial charge on any atom is 0.320 e. The third-order valence-corrected chi connectivity index (χ3v) is 3.30. The lowest BCUT2D eigenvalue weighted by Gasteiger charge is -2.07. The number of hydrogen-bond donors (Lipinski definition) is 1. The summed E-state index contributed by atoms with van der Waals surface area (Å²) in [6, 6.07) is 17.2. The molecular formula is C19H21NO4. The third-order valence-electron chi connectivity index (χ3n) is 3.30. The molecule has 0 unspecified atom stereocenters. The Labute approximate surface area is 141 Å². The molecular weight excluding hydrogens is 306 g/mol. The molecule has 2 rings (SSSR count). The van der Waals surface area contributed by atoms with Crippen LogP contribution in [0.5, 0.6) is 0 Å². The van der Waals surface area contributed by atoms with Crippen LogP contribution in [0, 0.1) is 6.92 Å². The number of aryl methyl sites for hydroxylation is 1. The highest BCUT2D eigenvalue weighted by molar-refractivity contribution is 5.74. The number of rotatable bonds is 8. The Hall–Kier alpha value is -2.66. The molecule has 0 saturated carbocycles. The van der Waals surface area contributed by atoms with Gasteiger partial charge in [-0.25, -0.2) is 0 Å². The molecule has 0 aliphatic heterocycles. The lowest BCUT2D eigenvalue weighted by Crippen LogP contribution is -2.30. The zero-order valence-corrected chi connectivity index (χ0v) is 13.7. The molecule has 2 aromatic rings. The van der Waals surface area contributed by atoms with Crippen molar-refractivity contribution in [3.8, 4) is 0 Å². The minimum atomic E-state index is -0.412. The van der Waals surface area contributed by atoms with Crippen molar-refractivity contribution in [1.29, 1.82) is 0 Å². The van der Waals surface area contributed by atoms with Crippen molar-refractivity contribution in [2.45, 2.75) is 20.1 Å². The topological polar surface area (TPSA) is 64.6 Å². The van der Waals surface area contributed by atoms with Gasteiger partial charge in [-0.15, -0.1) is 0 Å². The molecule has 0 heterocycles. The highest BCUT2D eigenvalue weighted by atomic mass is 16.5. The van der Waals surface area contributed by atoms with E-state index in [2.05, 4.69) is 5.32 Å². The molecule has 5 nitrogen and oxygen atoms in total. The minimum Gasteiger partial charge on any atom is -0.460 e. The van der Waals surface area contributed by atoms with Crippen LogP contribution in [0.2, 0.25) is 0 Å². The van der Waals surface area contributed by atoms with E-state index in [0.29, 0.717) is 0 Å². The van der Waals surface area contributed by atoms with E-state index in [0.717, 1.165) is 16.7 Å². The summed E-state index contributed by atoms with van der Waals surface area (Å²) in [5.41, 5.74) is 3.00. The van der Waals surface area contributed by atoms with Gasteiger partial charge in [0.05, 0.1) is 13.1 Å². The van der Waals surface area contributed by atoms with Gasteiger partial charge >= 0.3 is 11.9 Å². The fourth-order valence-electron chi connectivity index (χ4n) is 1.95. The number of benzene rings is 2. The first-order valence-electron chi connectivity index (χ1n) is 7.75. The van der Waals surface area contributed by atoms with Gasteiger partial charge in [-0.2, -0.15) is 0 Å². The molecule has 0 radical (unpaired) electrons. The number of hydrogen-bond acceptors (Lipinski definition) is 5. The first kappa shape index (κ1) is 17.7. The summed E-state index contributed by atoms with van der Waals surface area (Å²) in [6.07, 6.45) is 0. The van der Waals surface area contributed by atoms with Gasteiger partial charge < -0.3 is 9.47 Å². The van der Waals surface area contributed by atoms with Gasteiger partial charge in [-0.1, -0.05) is 60.2 Å². The van der Waals surface area contributed by atoms with Crippen molar-refractivity contribution in [2.24, 2.45) is 0 Å². The van der Waals surface area contributed by atoms with Crippen LogP contribution in [-0.2, 0) is 32.3 Å². The average Bonchev–Trinajstić information content (AvgIpc) is 2.60. The van der Waals surface area contributed by atoms with Crippen LogP contribution in [0.4, 0.5) is 0 Å². The molecule has 0 aliphatic carbocycles. The Morgan fingerprint density at radius 1 is 0.792 bits per heavy atom. The molecule has 126 valence electrons. The Morgan fingerprint density at radius 3 is 1.83 bits per heavy atom. The Bertz CT molecular complexity index is 653. The summed E-state index contributed by atoms with van der Waals surface area (Å²) in [5, 5.41) is 2.72. The number of nitrogens with one attached hydrogen (secondary N) is 1. The first-order chi connectivity index (χ1) is 11.6. The predicted octanol–water partition coefficient (Wildman–Crippen LogP) is 2.37. The third kappa shape index (κ3) is 6.62. The summed E-state index contributed by atoms with van der Waals surface area (Å²) in [4.78, 5) is 23.2. The molecule has 5 heteroatoms. The van der Waals surface area contributed by atoms with Crippen LogP contribution < -0.4 is 5.32 Å². The summed E-state index contributed by atoms with van der Waals surface area (Å²) >= 11 is 0. The van der Waals surface area contributed by atoms with Crippen LogP contribution in [-0.4, -0.2) is 25.0 Å². The van der Waals surface area contributed by atoms with E-state index in [4.69, 9.17) is 9.47 Å². The van der Waals surface area contributed by atoms with Crippen molar-refractivity contribution in [2.75, 3.05) is 13.1 Å². The zero-order valence-electron chi connectivity index (χ0n) is 13.7. The molecule has 0 atom stereocenters. The minimum absolute atomic E-state index is 0.0353. The summed E-state index contributed by atoms with van der Waals surface area (Å²) in [6.45, 7) is 2.37. The molecule has 0 amide bonds. The van der Waals surface area contributed by atoms with Crippen LogP contribution in [0.25, 0.3) is 0 Å². The van der Waals surface area contributed by atoms with Crippen molar-refractivity contribution in [3.63, 3.8) is 0 Å². The van der Waals surface area contributed by atoms with Crippen molar-refractivity contribution < 1.29 is 19.1 Å². The van der Waals surface area contributed by atoms with Gasteiger partial charge in [0, 0.05) is 0 Å². The highest BCUT2D eigenvalue weighted by Crippen LogP contribution is 2.04. The molecule has 0 aromatic heterocycles. The molecule has 0 aliphatic rings. The smallest absolute Gasteiger partial charge is 0.320 e. The second-order valence-electron chi connectivity index (χ2n) is 5.40. The molecule has 1 N–H and O–H groups in total. The maximum atomic E-state index is 11.6. The van der Waals surface area contributed by atoms with Gasteiger partial charge in [0.25, 0.3) is 0 Å². The highest BCUT2D eigenvalue weighted by Gasteiger charge is 2.07. The normalized spacial score (nSPS) is 10.2. The Morgan fingerprint density at radius 2 is 1.29 bits per heavy atom. The van der Waals surface area contributed by atoms with Gasteiger partial charge in [0.2, 0.25) is 0 Å². The Kier molecular flexibility index (Phi) is 6.98. The first-order valence-corrected chi connectivity index (χ1v) is 7.75. The molecule has 2 aromatic carbocycles. The summed E-state index contributed by atoms with van der Waals surface area (Å²) in [5.74, 6) is -0.823. The summed E-state index contributed by atoms with van der Waals surface area (Å²) < 4.78 is 10.2. The lowest BCUT2D eigenvalue weighted by atomic mass is 10.2. The van der Waals surface area contributed by atoms with Gasteiger partial charge in [-0.05, 0) is 18.1 Å². The second kappa shape index (κ2) is 9.47. The van der Waals surface area contributed by atoms with Crippen LogP contribution in [0.3, 0.4) is 0 Å². The molecule has 0 spiro atoms. The van der Waals surface area contributed by atoms with E-state index in [1.807, 2.05) is 61.5 Å². The fraction of sp³-hybridized carbons (Fsp3) is 0.263. The Balaban J connectivity index is 1.58. The van der Waals surface area contributed by atoms with E-state index in [1.165, 1.54) is 0 Å². The van der Waals surface area contributed by atoms with Crippen LogP contribution in [0.1, 0.15) is 16.7 Å². The van der Waals surface area contributed by atoms with E-state index < -0.39 is 11.9 Å². The van der Waals surface area contributed by atoms with Crippen molar-refractivity contribution >= 4 is 11.9 Å². The number of carbonyl (C=O) groups excluding carboxylic acids is 2. The quantitative estimate of drug-likeness (QED) is 0.754. The van der Waals surface area contributed by atoms with Crippen LogP contribution >= 0.6 is 0 Å². The van der Waals surface area contributed by atoms with E-state index in [-0.39, 0.29) is 26.3 Å². The molecule has 0 saturated heterocycles. The van der Waals surface area contributed by atoms with Gasteiger partial charge in [-0.3, -0.25) is 14.9 Å². The van der Waals surface area contributed by atoms with E-state index in [1.54, 1.807) is 0 Å². The van der Waals surface area contributed by atoms with Crippen molar-refractivity contribution in [3.05, 3.63) is 71.3 Å². The second-order valence-corrected chi connectivity index (χ2v) is 5.40. The predicted molar refractivity (Wildman–Crippen MR) is 90.1 cm³/mol. The number of esters is 2.